The molecule has 0 aromatic heterocycles. The standard InChI is InChI=1S/C22H12FN3O7/c23-17-4-2-1-3-16(17)21-24-18(22(27)33-21)11-13-5-8-15(9-6-13)32-20-10-7-14(25(28)29)12-19(20)26(30)31/h1-12H/b18-11-. The molecule has 0 N–H and O–H groups in total. The van der Waals surface area contributed by atoms with Gasteiger partial charge in [-0.15, -0.1) is 0 Å². The Morgan fingerprint density at radius 2 is 1.70 bits per heavy atom. The van der Waals surface area contributed by atoms with E-state index < -0.39 is 33.0 Å². The number of ether oxygens (including phenoxy) is 2. The van der Waals surface area contributed by atoms with Gasteiger partial charge < -0.3 is 9.47 Å². The Hall–Kier alpha value is -4.93. The number of esters is 1. The zero-order valence-corrected chi connectivity index (χ0v) is 16.5. The molecule has 0 saturated heterocycles. The number of nitro benzene ring substituents is 2. The van der Waals surface area contributed by atoms with Crippen LogP contribution < -0.4 is 4.74 Å². The first-order valence-electron chi connectivity index (χ1n) is 9.30. The zero-order chi connectivity index (χ0) is 23.5. The second kappa shape index (κ2) is 8.67. The number of carbonyl (C=O) groups is 1. The molecule has 0 unspecified atom stereocenters. The molecule has 4 rings (SSSR count). The van der Waals surface area contributed by atoms with Crippen LogP contribution in [0.3, 0.4) is 0 Å². The highest BCUT2D eigenvalue weighted by molar-refractivity contribution is 6.12. The minimum Gasteiger partial charge on any atom is -0.450 e. The van der Waals surface area contributed by atoms with Crippen LogP contribution in [0.1, 0.15) is 11.1 Å². The van der Waals surface area contributed by atoms with E-state index in [1.807, 2.05) is 0 Å². The fraction of sp³-hybridized carbons (Fsp3) is 0. The third kappa shape index (κ3) is 4.56. The van der Waals surface area contributed by atoms with Crippen molar-refractivity contribution in [2.75, 3.05) is 0 Å². The van der Waals surface area contributed by atoms with Crippen LogP contribution in [0.5, 0.6) is 11.5 Å². The van der Waals surface area contributed by atoms with Gasteiger partial charge in [0.05, 0.1) is 21.5 Å². The van der Waals surface area contributed by atoms with Crippen molar-refractivity contribution >= 4 is 29.3 Å². The van der Waals surface area contributed by atoms with E-state index in [1.54, 1.807) is 18.2 Å². The van der Waals surface area contributed by atoms with Gasteiger partial charge in [-0.1, -0.05) is 24.3 Å². The van der Waals surface area contributed by atoms with E-state index >= 15 is 0 Å². The van der Waals surface area contributed by atoms with Gasteiger partial charge in [0.2, 0.25) is 11.6 Å². The van der Waals surface area contributed by atoms with Crippen LogP contribution in [0.4, 0.5) is 15.8 Å². The number of non-ortho nitro benzene ring substituents is 1. The van der Waals surface area contributed by atoms with Crippen molar-refractivity contribution in [3.63, 3.8) is 0 Å². The molecule has 1 aliphatic heterocycles. The lowest BCUT2D eigenvalue weighted by atomic mass is 10.2. The number of nitrogens with zero attached hydrogens (tertiary/aromatic N) is 3. The van der Waals surface area contributed by atoms with Crippen molar-refractivity contribution in [2.24, 2.45) is 4.99 Å². The van der Waals surface area contributed by atoms with Crippen LogP contribution >= 0.6 is 0 Å². The molecule has 33 heavy (non-hydrogen) atoms. The highest BCUT2D eigenvalue weighted by Crippen LogP contribution is 2.34. The molecule has 3 aromatic rings. The summed E-state index contributed by atoms with van der Waals surface area (Å²) in [5, 5.41) is 22.1. The van der Waals surface area contributed by atoms with E-state index in [2.05, 4.69) is 4.99 Å². The molecule has 11 heteroatoms. The largest absolute Gasteiger partial charge is 0.450 e. The number of nitro groups is 2. The van der Waals surface area contributed by atoms with Crippen molar-refractivity contribution in [3.8, 4) is 11.5 Å². The molecule has 10 nitrogen and oxygen atoms in total. The van der Waals surface area contributed by atoms with E-state index in [9.17, 15) is 29.4 Å². The molecule has 0 fully saturated rings. The average molecular weight is 449 g/mol. The number of cyclic esters (lactones) is 1. The predicted molar refractivity (Wildman–Crippen MR) is 113 cm³/mol. The lowest BCUT2D eigenvalue weighted by molar-refractivity contribution is -0.394. The van der Waals surface area contributed by atoms with Crippen LogP contribution in [0.2, 0.25) is 0 Å². The van der Waals surface area contributed by atoms with Gasteiger partial charge in [0.25, 0.3) is 5.69 Å². The number of hydrogen-bond donors (Lipinski definition) is 0. The first-order chi connectivity index (χ1) is 15.8. The normalized spacial score (nSPS) is 14.0. The molecule has 1 aliphatic rings. The van der Waals surface area contributed by atoms with Gasteiger partial charge in [0.15, 0.2) is 5.70 Å². The lowest BCUT2D eigenvalue weighted by Crippen LogP contribution is -2.07. The number of carbonyl (C=O) groups excluding carboxylic acids is 1. The summed E-state index contributed by atoms with van der Waals surface area (Å²) in [5.41, 5.74) is -0.435. The molecule has 0 bridgehead atoms. The summed E-state index contributed by atoms with van der Waals surface area (Å²) >= 11 is 0. The minimum atomic E-state index is -0.780. The lowest BCUT2D eigenvalue weighted by Gasteiger charge is -2.06. The van der Waals surface area contributed by atoms with Gasteiger partial charge in [0.1, 0.15) is 11.6 Å². The molecule has 0 radical (unpaired) electrons. The predicted octanol–water partition coefficient (Wildman–Crippen LogP) is 4.78. The Bertz CT molecular complexity index is 1350. The SMILES string of the molecule is O=C1OC(c2ccccc2F)=N/C1=C\c1ccc(Oc2ccc([N+](=O)[O-])cc2[N+](=O)[O-])cc1. The van der Waals surface area contributed by atoms with Crippen LogP contribution in [0.15, 0.2) is 77.4 Å². The van der Waals surface area contributed by atoms with Gasteiger partial charge >= 0.3 is 11.7 Å². The van der Waals surface area contributed by atoms with Crippen LogP contribution in [0.25, 0.3) is 6.08 Å². The fourth-order valence-electron chi connectivity index (χ4n) is 2.92. The summed E-state index contributed by atoms with van der Waals surface area (Å²) in [4.78, 5) is 36.7. The van der Waals surface area contributed by atoms with Crippen molar-refractivity contribution in [2.45, 2.75) is 0 Å². The fourth-order valence-corrected chi connectivity index (χ4v) is 2.92. The van der Waals surface area contributed by atoms with Crippen molar-refractivity contribution in [3.05, 3.63) is 110 Å². The molecule has 0 saturated carbocycles. The summed E-state index contributed by atoms with van der Waals surface area (Å²) in [6, 6.07) is 14.9. The summed E-state index contributed by atoms with van der Waals surface area (Å²) in [7, 11) is 0. The summed E-state index contributed by atoms with van der Waals surface area (Å²) in [6.45, 7) is 0. The molecule has 0 atom stereocenters. The smallest absolute Gasteiger partial charge is 0.363 e. The number of rotatable bonds is 6. The first-order valence-corrected chi connectivity index (χ1v) is 9.30. The number of aliphatic imine (C=N–C) groups is 1. The molecule has 164 valence electrons. The monoisotopic (exact) mass is 449 g/mol. The number of halogens is 1. The minimum absolute atomic E-state index is 0.0343. The van der Waals surface area contributed by atoms with E-state index in [0.717, 1.165) is 18.2 Å². The third-order valence-electron chi connectivity index (χ3n) is 4.49. The maximum absolute atomic E-state index is 13.9. The Morgan fingerprint density at radius 1 is 0.970 bits per heavy atom. The molecular formula is C22H12FN3O7. The number of hydrogen-bond acceptors (Lipinski definition) is 8. The zero-order valence-electron chi connectivity index (χ0n) is 16.5. The second-order valence-corrected chi connectivity index (χ2v) is 6.65. The number of benzene rings is 3. The molecule has 0 aliphatic carbocycles. The van der Waals surface area contributed by atoms with E-state index in [1.165, 1.54) is 36.4 Å². The van der Waals surface area contributed by atoms with Crippen LogP contribution in [0, 0.1) is 26.0 Å². The Labute approximate surface area is 184 Å². The van der Waals surface area contributed by atoms with Crippen molar-refractivity contribution in [1.29, 1.82) is 0 Å². The quantitative estimate of drug-likeness (QED) is 0.229. The molecule has 3 aromatic carbocycles. The third-order valence-corrected chi connectivity index (χ3v) is 4.49. The second-order valence-electron chi connectivity index (χ2n) is 6.65. The van der Waals surface area contributed by atoms with E-state index in [-0.39, 0.29) is 28.7 Å². The maximum Gasteiger partial charge on any atom is 0.363 e. The van der Waals surface area contributed by atoms with Gasteiger partial charge in [-0.25, -0.2) is 14.2 Å². The topological polar surface area (TPSA) is 134 Å². The van der Waals surface area contributed by atoms with Crippen LogP contribution in [-0.4, -0.2) is 21.7 Å². The summed E-state index contributed by atoms with van der Waals surface area (Å²) < 4.78 is 24.4. The Balaban J connectivity index is 1.55. The molecular weight excluding hydrogens is 437 g/mol. The molecule has 1 heterocycles. The first kappa shape index (κ1) is 21.3. The maximum atomic E-state index is 13.9. The van der Waals surface area contributed by atoms with Crippen molar-refractivity contribution < 1.29 is 28.5 Å². The van der Waals surface area contributed by atoms with Gasteiger partial charge in [-0.3, -0.25) is 20.2 Å². The van der Waals surface area contributed by atoms with Gasteiger partial charge in [-0.05, 0) is 42.0 Å². The molecule has 0 amide bonds. The van der Waals surface area contributed by atoms with E-state index in [0.29, 0.717) is 5.56 Å². The highest BCUT2D eigenvalue weighted by Gasteiger charge is 2.26. The average Bonchev–Trinajstić information content (AvgIpc) is 3.15. The Kier molecular flexibility index (Phi) is 5.60. The molecule has 0 spiro atoms. The van der Waals surface area contributed by atoms with E-state index in [4.69, 9.17) is 9.47 Å². The van der Waals surface area contributed by atoms with Gasteiger partial charge in [0, 0.05) is 6.07 Å². The van der Waals surface area contributed by atoms with Gasteiger partial charge in [-0.2, -0.15) is 0 Å². The highest BCUT2D eigenvalue weighted by atomic mass is 19.1. The summed E-state index contributed by atoms with van der Waals surface area (Å²) in [5.74, 6) is -1.41. The Morgan fingerprint density at radius 3 is 2.36 bits per heavy atom. The summed E-state index contributed by atoms with van der Waals surface area (Å²) in [6.07, 6.45) is 1.42. The van der Waals surface area contributed by atoms with Crippen molar-refractivity contribution in [1.82, 2.24) is 0 Å². The van der Waals surface area contributed by atoms with Crippen LogP contribution in [-0.2, 0) is 9.53 Å².